The fourth-order valence-electron chi connectivity index (χ4n) is 2.41. The highest BCUT2D eigenvalue weighted by atomic mass is 16.5. The molecule has 0 saturated carbocycles. The molecule has 0 aliphatic carbocycles. The molecule has 2 rings (SSSR count). The molecule has 2 atom stereocenters. The van der Waals surface area contributed by atoms with Gasteiger partial charge in [0.05, 0.1) is 13.0 Å². The molecular weight excluding hydrogens is 306 g/mol. The Hall–Kier alpha value is -2.82. The number of ether oxygens (including phenoxy) is 1. The number of hydrogen-bond acceptors (Lipinski definition) is 3. The van der Waals surface area contributed by atoms with Crippen LogP contribution in [0.25, 0.3) is 0 Å². The van der Waals surface area contributed by atoms with E-state index in [0.717, 1.165) is 11.1 Å². The van der Waals surface area contributed by atoms with Crippen molar-refractivity contribution in [2.24, 2.45) is 0 Å². The zero-order valence-corrected chi connectivity index (χ0v) is 13.7. The van der Waals surface area contributed by atoms with Crippen molar-refractivity contribution < 1.29 is 19.4 Å². The zero-order valence-electron chi connectivity index (χ0n) is 13.7. The minimum Gasteiger partial charge on any atom is -0.497 e. The topological polar surface area (TPSA) is 75.6 Å². The van der Waals surface area contributed by atoms with Crippen LogP contribution in [0.15, 0.2) is 54.6 Å². The Morgan fingerprint density at radius 3 is 2.46 bits per heavy atom. The van der Waals surface area contributed by atoms with Gasteiger partial charge >= 0.3 is 5.97 Å². The van der Waals surface area contributed by atoms with Crippen molar-refractivity contribution in [2.75, 3.05) is 7.11 Å². The van der Waals surface area contributed by atoms with Crippen LogP contribution in [-0.2, 0) is 16.0 Å². The molecule has 1 unspecified atom stereocenters. The SMILES string of the molecule is COc1cccc(C(C)C(=O)N[C@H](Cc2ccccc2)C(=O)O)c1. The molecule has 126 valence electrons. The van der Waals surface area contributed by atoms with Gasteiger partial charge in [0.1, 0.15) is 11.8 Å². The summed E-state index contributed by atoms with van der Waals surface area (Å²) in [5.41, 5.74) is 1.63. The van der Waals surface area contributed by atoms with Crippen LogP contribution >= 0.6 is 0 Å². The molecule has 0 heterocycles. The van der Waals surface area contributed by atoms with E-state index in [1.54, 1.807) is 32.2 Å². The average molecular weight is 327 g/mol. The summed E-state index contributed by atoms with van der Waals surface area (Å²) in [4.78, 5) is 23.9. The summed E-state index contributed by atoms with van der Waals surface area (Å²) in [7, 11) is 1.56. The Morgan fingerprint density at radius 2 is 1.83 bits per heavy atom. The standard InChI is InChI=1S/C19H21NO4/c1-13(15-9-6-10-16(12-15)24-2)18(21)20-17(19(22)23)11-14-7-4-3-5-8-14/h3-10,12-13,17H,11H2,1-2H3,(H,20,21)(H,22,23)/t13?,17-/m1/s1. The predicted molar refractivity (Wildman–Crippen MR) is 91.1 cm³/mol. The normalized spacial score (nSPS) is 12.9. The van der Waals surface area contributed by atoms with Gasteiger partial charge in [-0.3, -0.25) is 4.79 Å². The Labute approximate surface area is 141 Å². The summed E-state index contributed by atoms with van der Waals surface area (Å²) in [6, 6.07) is 15.5. The lowest BCUT2D eigenvalue weighted by Crippen LogP contribution is -2.44. The van der Waals surface area contributed by atoms with Gasteiger partial charge in [-0.25, -0.2) is 4.79 Å². The molecule has 0 aromatic heterocycles. The Bertz CT molecular complexity index is 700. The Morgan fingerprint density at radius 1 is 1.12 bits per heavy atom. The maximum Gasteiger partial charge on any atom is 0.326 e. The second-order valence-corrected chi connectivity index (χ2v) is 5.59. The zero-order chi connectivity index (χ0) is 17.5. The minimum absolute atomic E-state index is 0.243. The molecule has 0 saturated heterocycles. The van der Waals surface area contributed by atoms with Crippen LogP contribution in [-0.4, -0.2) is 30.1 Å². The van der Waals surface area contributed by atoms with Crippen molar-refractivity contribution in [1.82, 2.24) is 5.32 Å². The Balaban J connectivity index is 2.08. The fourth-order valence-corrected chi connectivity index (χ4v) is 2.41. The molecule has 0 fully saturated rings. The van der Waals surface area contributed by atoms with E-state index in [2.05, 4.69) is 5.32 Å². The Kier molecular flexibility index (Phi) is 5.95. The highest BCUT2D eigenvalue weighted by Gasteiger charge is 2.24. The van der Waals surface area contributed by atoms with Crippen molar-refractivity contribution in [2.45, 2.75) is 25.3 Å². The smallest absolute Gasteiger partial charge is 0.326 e. The van der Waals surface area contributed by atoms with Crippen molar-refractivity contribution in [3.05, 3.63) is 65.7 Å². The van der Waals surface area contributed by atoms with Gasteiger partial charge in [-0.1, -0.05) is 42.5 Å². The molecule has 0 radical (unpaired) electrons. The number of amides is 1. The highest BCUT2D eigenvalue weighted by molar-refractivity contribution is 5.88. The van der Waals surface area contributed by atoms with Crippen LogP contribution in [0.5, 0.6) is 5.75 Å². The largest absolute Gasteiger partial charge is 0.497 e. The first-order valence-corrected chi connectivity index (χ1v) is 7.72. The number of carbonyl (C=O) groups is 2. The molecule has 0 aliphatic heterocycles. The third-order valence-electron chi connectivity index (χ3n) is 3.88. The fraction of sp³-hybridized carbons (Fsp3) is 0.263. The van der Waals surface area contributed by atoms with E-state index in [0.29, 0.717) is 5.75 Å². The summed E-state index contributed by atoms with van der Waals surface area (Å²) in [6.45, 7) is 1.74. The second kappa shape index (κ2) is 8.15. The van der Waals surface area contributed by atoms with E-state index in [4.69, 9.17) is 4.74 Å². The van der Waals surface area contributed by atoms with Gasteiger partial charge in [-0.2, -0.15) is 0 Å². The predicted octanol–water partition coefficient (Wildman–Crippen LogP) is 2.61. The molecular formula is C19H21NO4. The summed E-state index contributed by atoms with van der Waals surface area (Å²) in [5.74, 6) is -1.19. The van der Waals surface area contributed by atoms with Crippen molar-refractivity contribution in [3.8, 4) is 5.75 Å². The molecule has 1 amide bonds. The monoisotopic (exact) mass is 327 g/mol. The van der Waals surface area contributed by atoms with E-state index >= 15 is 0 Å². The highest BCUT2D eigenvalue weighted by Crippen LogP contribution is 2.21. The first-order valence-electron chi connectivity index (χ1n) is 7.72. The minimum atomic E-state index is -1.05. The molecule has 5 nitrogen and oxygen atoms in total. The van der Waals surface area contributed by atoms with Gasteiger partial charge in [0.15, 0.2) is 0 Å². The number of aliphatic carboxylic acids is 1. The average Bonchev–Trinajstić information content (AvgIpc) is 2.61. The van der Waals surface area contributed by atoms with Crippen LogP contribution in [0.2, 0.25) is 0 Å². The van der Waals surface area contributed by atoms with E-state index < -0.39 is 17.9 Å². The molecule has 2 aromatic rings. The second-order valence-electron chi connectivity index (χ2n) is 5.59. The molecule has 2 N–H and O–H groups in total. The first-order chi connectivity index (χ1) is 11.5. The molecule has 0 spiro atoms. The molecule has 5 heteroatoms. The number of hydrogen-bond donors (Lipinski definition) is 2. The van der Waals surface area contributed by atoms with Gasteiger partial charge in [-0.05, 0) is 30.2 Å². The van der Waals surface area contributed by atoms with Crippen LogP contribution in [0.1, 0.15) is 24.0 Å². The number of carboxylic acids is 1. The number of carbonyl (C=O) groups excluding carboxylic acids is 1. The van der Waals surface area contributed by atoms with Gasteiger partial charge in [0.25, 0.3) is 0 Å². The van der Waals surface area contributed by atoms with Crippen LogP contribution in [0, 0.1) is 0 Å². The van der Waals surface area contributed by atoms with Gasteiger partial charge < -0.3 is 15.2 Å². The third kappa shape index (κ3) is 4.59. The third-order valence-corrected chi connectivity index (χ3v) is 3.88. The van der Waals surface area contributed by atoms with Crippen molar-refractivity contribution >= 4 is 11.9 Å². The maximum absolute atomic E-state index is 12.4. The number of methoxy groups -OCH3 is 1. The number of carboxylic acid groups (broad SMARTS) is 1. The van der Waals surface area contributed by atoms with Gasteiger partial charge in [-0.15, -0.1) is 0 Å². The van der Waals surface area contributed by atoms with Crippen LogP contribution < -0.4 is 10.1 Å². The van der Waals surface area contributed by atoms with Gasteiger partial charge in [0, 0.05) is 6.42 Å². The quantitative estimate of drug-likeness (QED) is 0.820. The molecule has 0 aliphatic rings. The summed E-state index contributed by atoms with van der Waals surface area (Å²) in [5, 5.41) is 12.0. The van der Waals surface area contributed by atoms with Crippen molar-refractivity contribution in [3.63, 3.8) is 0 Å². The molecule has 24 heavy (non-hydrogen) atoms. The maximum atomic E-state index is 12.4. The summed E-state index contributed by atoms with van der Waals surface area (Å²) in [6.07, 6.45) is 0.243. The number of nitrogens with one attached hydrogen (secondary N) is 1. The van der Waals surface area contributed by atoms with E-state index in [1.165, 1.54) is 0 Å². The summed E-state index contributed by atoms with van der Waals surface area (Å²) < 4.78 is 5.16. The number of rotatable bonds is 7. The van der Waals surface area contributed by atoms with Gasteiger partial charge in [0.2, 0.25) is 5.91 Å². The van der Waals surface area contributed by atoms with Crippen molar-refractivity contribution in [1.29, 1.82) is 0 Å². The van der Waals surface area contributed by atoms with Crippen LogP contribution in [0.4, 0.5) is 0 Å². The lowest BCUT2D eigenvalue weighted by Gasteiger charge is -2.18. The lowest BCUT2D eigenvalue weighted by molar-refractivity contribution is -0.141. The van der Waals surface area contributed by atoms with Crippen LogP contribution in [0.3, 0.4) is 0 Å². The van der Waals surface area contributed by atoms with E-state index in [1.807, 2.05) is 36.4 Å². The lowest BCUT2D eigenvalue weighted by atomic mass is 9.99. The molecule has 0 bridgehead atoms. The van der Waals surface area contributed by atoms with E-state index in [9.17, 15) is 14.7 Å². The van der Waals surface area contributed by atoms with E-state index in [-0.39, 0.29) is 12.3 Å². The first kappa shape index (κ1) is 17.5. The number of benzene rings is 2. The summed E-state index contributed by atoms with van der Waals surface area (Å²) >= 11 is 0. The molecule has 2 aromatic carbocycles.